The van der Waals surface area contributed by atoms with E-state index in [2.05, 4.69) is 15.0 Å². The van der Waals surface area contributed by atoms with Crippen LogP contribution in [-0.4, -0.2) is 29.7 Å². The van der Waals surface area contributed by atoms with Crippen LogP contribution in [0.15, 0.2) is 50.9 Å². The molecular formula is C21H19N3O4S3. The summed E-state index contributed by atoms with van der Waals surface area (Å²) in [5, 5.41) is 3.34. The van der Waals surface area contributed by atoms with Gasteiger partial charge in [0.05, 0.1) is 9.80 Å². The molecule has 0 unspecified atom stereocenters. The van der Waals surface area contributed by atoms with Crippen molar-refractivity contribution in [2.75, 3.05) is 0 Å². The van der Waals surface area contributed by atoms with Gasteiger partial charge in [0.25, 0.3) is 5.91 Å². The van der Waals surface area contributed by atoms with Gasteiger partial charge in [-0.3, -0.25) is 9.78 Å². The number of amides is 1. The van der Waals surface area contributed by atoms with E-state index in [0.29, 0.717) is 26.1 Å². The van der Waals surface area contributed by atoms with Crippen molar-refractivity contribution >= 4 is 61.3 Å². The quantitative estimate of drug-likeness (QED) is 0.427. The first-order valence-electron chi connectivity index (χ1n) is 9.40. The van der Waals surface area contributed by atoms with E-state index in [0.717, 1.165) is 16.5 Å². The molecule has 10 heteroatoms. The highest BCUT2D eigenvalue weighted by atomic mass is 32.2. The van der Waals surface area contributed by atoms with Gasteiger partial charge in [-0.25, -0.2) is 13.1 Å². The third-order valence-corrected chi connectivity index (χ3v) is 7.50. The Morgan fingerprint density at radius 1 is 1.26 bits per heavy atom. The molecule has 0 atom stereocenters. The zero-order valence-corrected chi connectivity index (χ0v) is 19.4. The van der Waals surface area contributed by atoms with E-state index in [1.165, 1.54) is 11.8 Å². The van der Waals surface area contributed by atoms with Crippen LogP contribution in [0.2, 0.25) is 0 Å². The number of aryl methyl sites for hydroxylation is 1. The van der Waals surface area contributed by atoms with Crippen molar-refractivity contribution in [1.82, 2.24) is 15.0 Å². The fraction of sp³-hybridized carbons (Fsp3) is 0.190. The molecule has 31 heavy (non-hydrogen) atoms. The first-order chi connectivity index (χ1) is 14.6. The lowest BCUT2D eigenvalue weighted by molar-refractivity contribution is -0.115. The molecule has 1 aromatic carbocycles. The molecule has 0 saturated carbocycles. The Kier molecular flexibility index (Phi) is 5.73. The minimum absolute atomic E-state index is 0.202. The number of nitrogens with zero attached hydrogens (tertiary/aromatic N) is 1. The van der Waals surface area contributed by atoms with E-state index < -0.39 is 10.0 Å². The molecule has 1 amide bonds. The lowest BCUT2D eigenvalue weighted by atomic mass is 10.0. The number of hydrogen-bond acceptors (Lipinski definition) is 7. The van der Waals surface area contributed by atoms with Gasteiger partial charge in [0.2, 0.25) is 10.0 Å². The molecule has 0 radical (unpaired) electrons. The van der Waals surface area contributed by atoms with Gasteiger partial charge in [-0.2, -0.15) is 0 Å². The second kappa shape index (κ2) is 8.19. The van der Waals surface area contributed by atoms with Crippen LogP contribution < -0.4 is 10.0 Å². The molecule has 0 bridgehead atoms. The molecule has 4 rings (SSSR count). The molecule has 2 aromatic heterocycles. The fourth-order valence-corrected chi connectivity index (χ4v) is 5.80. The van der Waals surface area contributed by atoms with E-state index in [1.807, 2.05) is 0 Å². The van der Waals surface area contributed by atoms with Crippen molar-refractivity contribution in [3.05, 3.63) is 52.9 Å². The van der Waals surface area contributed by atoms with Crippen LogP contribution in [0.3, 0.4) is 0 Å². The molecule has 0 aliphatic carbocycles. The maximum absolute atomic E-state index is 12.5. The summed E-state index contributed by atoms with van der Waals surface area (Å²) < 4.78 is 34.1. The number of fused-ring (bicyclic) bond motifs is 1. The number of pyridine rings is 1. The van der Waals surface area contributed by atoms with Crippen LogP contribution in [0.25, 0.3) is 28.2 Å². The Hall–Kier alpha value is -2.53. The smallest absolute Gasteiger partial charge is 0.263 e. The van der Waals surface area contributed by atoms with E-state index in [-0.39, 0.29) is 16.8 Å². The number of aromatic nitrogens is 1. The van der Waals surface area contributed by atoms with Gasteiger partial charge in [-0.05, 0) is 50.1 Å². The molecule has 3 aromatic rings. The Balaban J connectivity index is 1.74. The van der Waals surface area contributed by atoms with Gasteiger partial charge in [0.1, 0.15) is 15.7 Å². The van der Waals surface area contributed by atoms with Gasteiger partial charge in [0, 0.05) is 35.5 Å². The molecule has 160 valence electrons. The molecular weight excluding hydrogens is 454 g/mol. The van der Waals surface area contributed by atoms with Crippen LogP contribution in [0.4, 0.5) is 0 Å². The number of rotatable bonds is 5. The lowest BCUT2D eigenvalue weighted by Gasteiger charge is -2.13. The van der Waals surface area contributed by atoms with E-state index in [4.69, 9.17) is 16.6 Å². The monoisotopic (exact) mass is 473 g/mol. The summed E-state index contributed by atoms with van der Waals surface area (Å²) in [5.41, 5.74) is 2.72. The van der Waals surface area contributed by atoms with Gasteiger partial charge in [0.15, 0.2) is 0 Å². The lowest BCUT2D eigenvalue weighted by Crippen LogP contribution is -2.30. The van der Waals surface area contributed by atoms with Gasteiger partial charge < -0.3 is 9.73 Å². The van der Waals surface area contributed by atoms with Crippen LogP contribution in [0.5, 0.6) is 0 Å². The summed E-state index contributed by atoms with van der Waals surface area (Å²) in [7, 11) is -3.60. The average Bonchev–Trinajstić information content (AvgIpc) is 3.22. The summed E-state index contributed by atoms with van der Waals surface area (Å²) in [4.78, 5) is 16.9. The second-order valence-corrected chi connectivity index (χ2v) is 10.8. The van der Waals surface area contributed by atoms with E-state index in [1.54, 1.807) is 63.5 Å². The molecule has 0 spiro atoms. The Morgan fingerprint density at radius 3 is 2.68 bits per heavy atom. The van der Waals surface area contributed by atoms with Gasteiger partial charge >= 0.3 is 0 Å². The summed E-state index contributed by atoms with van der Waals surface area (Å²) in [6.07, 6.45) is 4.99. The number of furan rings is 1. The van der Waals surface area contributed by atoms with Gasteiger partial charge in [-0.15, -0.1) is 0 Å². The second-order valence-electron chi connectivity index (χ2n) is 7.36. The highest BCUT2D eigenvalue weighted by Crippen LogP contribution is 2.34. The molecule has 2 N–H and O–H groups in total. The van der Waals surface area contributed by atoms with Crippen molar-refractivity contribution in [3.8, 4) is 11.1 Å². The van der Waals surface area contributed by atoms with Crippen molar-refractivity contribution in [2.24, 2.45) is 0 Å². The predicted molar refractivity (Wildman–Crippen MR) is 126 cm³/mol. The van der Waals surface area contributed by atoms with E-state index >= 15 is 0 Å². The molecule has 1 fully saturated rings. The molecule has 1 aliphatic rings. The molecule has 7 nitrogen and oxygen atoms in total. The SMILES string of the molecule is Cc1cc(-c2cncc3cc(/C=C4\SC(=S)NC4=O)oc23)ccc1S(=O)(=O)NC(C)C. The van der Waals surface area contributed by atoms with Crippen LogP contribution in [-0.2, 0) is 14.8 Å². The first kappa shape index (κ1) is 21.7. The minimum atomic E-state index is -3.60. The average molecular weight is 474 g/mol. The number of benzene rings is 1. The molecule has 3 heterocycles. The van der Waals surface area contributed by atoms with E-state index in [9.17, 15) is 13.2 Å². The maximum atomic E-state index is 12.5. The zero-order valence-electron chi connectivity index (χ0n) is 16.9. The van der Waals surface area contributed by atoms with Crippen LogP contribution in [0.1, 0.15) is 25.2 Å². The fourth-order valence-electron chi connectivity index (χ4n) is 3.30. The number of thioether (sulfide) groups is 1. The number of hydrogen-bond donors (Lipinski definition) is 2. The number of carbonyl (C=O) groups excluding carboxylic acids is 1. The number of carbonyl (C=O) groups is 1. The minimum Gasteiger partial charge on any atom is -0.456 e. The Bertz CT molecular complexity index is 1360. The van der Waals surface area contributed by atoms with Gasteiger partial charge in [-0.1, -0.05) is 30.0 Å². The van der Waals surface area contributed by atoms with Crippen molar-refractivity contribution in [3.63, 3.8) is 0 Å². The molecule has 1 aliphatic heterocycles. The summed E-state index contributed by atoms with van der Waals surface area (Å²) in [6.45, 7) is 5.31. The topological polar surface area (TPSA) is 101 Å². The normalized spacial score (nSPS) is 15.9. The highest BCUT2D eigenvalue weighted by Gasteiger charge is 2.23. The van der Waals surface area contributed by atoms with Crippen molar-refractivity contribution in [1.29, 1.82) is 0 Å². The molecule has 1 saturated heterocycles. The van der Waals surface area contributed by atoms with Crippen molar-refractivity contribution < 1.29 is 17.6 Å². The predicted octanol–water partition coefficient (Wildman–Crippen LogP) is 3.98. The number of nitrogens with one attached hydrogen (secondary N) is 2. The van der Waals surface area contributed by atoms with Crippen LogP contribution in [0, 0.1) is 6.92 Å². The maximum Gasteiger partial charge on any atom is 0.263 e. The Morgan fingerprint density at radius 2 is 2.03 bits per heavy atom. The zero-order chi connectivity index (χ0) is 22.3. The Labute approximate surface area is 189 Å². The summed E-state index contributed by atoms with van der Waals surface area (Å²) >= 11 is 6.19. The van der Waals surface area contributed by atoms with Crippen LogP contribution >= 0.6 is 24.0 Å². The number of sulfonamides is 1. The largest absolute Gasteiger partial charge is 0.456 e. The van der Waals surface area contributed by atoms with Crippen molar-refractivity contribution in [2.45, 2.75) is 31.7 Å². The third kappa shape index (κ3) is 4.42. The summed E-state index contributed by atoms with van der Waals surface area (Å²) in [5.74, 6) is 0.250. The third-order valence-electron chi connectivity index (χ3n) is 4.52. The summed E-state index contributed by atoms with van der Waals surface area (Å²) in [6, 6.07) is 6.71. The highest BCUT2D eigenvalue weighted by molar-refractivity contribution is 8.26. The first-order valence-corrected chi connectivity index (χ1v) is 12.1. The standard InChI is InChI=1S/C21H19N3O4S3/c1-11(2)24-31(26,27)18-5-4-13(6-12(18)3)16-10-22-9-14-7-15(28-19(14)16)8-17-20(25)23-21(29)30-17/h4-11,24H,1-3H3,(H,23,25,29)/b17-8-. The number of thiocarbonyl (C=S) groups is 1.